The van der Waals surface area contributed by atoms with Crippen LogP contribution in [-0.2, 0) is 14.4 Å². The topological polar surface area (TPSA) is 116 Å². The zero-order valence-corrected chi connectivity index (χ0v) is 9.02. The summed E-state index contributed by atoms with van der Waals surface area (Å²) in [5.74, 6) is -1.92. The Morgan fingerprint density at radius 1 is 1.31 bits per heavy atom. The summed E-state index contributed by atoms with van der Waals surface area (Å²) in [6, 6.07) is -1.09. The van der Waals surface area contributed by atoms with Gasteiger partial charge in [0.2, 0.25) is 11.8 Å². The van der Waals surface area contributed by atoms with Crippen molar-refractivity contribution < 1.29 is 24.6 Å². The van der Waals surface area contributed by atoms with E-state index in [9.17, 15) is 14.4 Å². The van der Waals surface area contributed by atoms with Crippen LogP contribution in [0.15, 0.2) is 0 Å². The van der Waals surface area contributed by atoms with Crippen LogP contribution >= 0.6 is 0 Å². The summed E-state index contributed by atoms with van der Waals surface area (Å²) < 4.78 is 0. The summed E-state index contributed by atoms with van der Waals surface area (Å²) >= 11 is 0. The minimum Gasteiger partial charge on any atom is -0.480 e. The van der Waals surface area contributed by atoms with E-state index in [0.717, 1.165) is 0 Å². The molecule has 7 nitrogen and oxygen atoms in total. The van der Waals surface area contributed by atoms with Crippen molar-refractivity contribution in [2.75, 3.05) is 13.2 Å². The fourth-order valence-electron chi connectivity index (χ4n) is 1.01. The van der Waals surface area contributed by atoms with Gasteiger partial charge >= 0.3 is 5.97 Å². The monoisotopic (exact) mass is 232 g/mol. The van der Waals surface area contributed by atoms with Gasteiger partial charge in [0.25, 0.3) is 0 Å². The van der Waals surface area contributed by atoms with Gasteiger partial charge in [-0.1, -0.05) is 0 Å². The van der Waals surface area contributed by atoms with Crippen LogP contribution in [0, 0.1) is 0 Å². The third-order valence-corrected chi connectivity index (χ3v) is 1.78. The normalized spacial score (nSPS) is 11.6. The minimum absolute atomic E-state index is 0.00872. The lowest BCUT2D eigenvalue weighted by molar-refractivity contribution is -0.142. The van der Waals surface area contributed by atoms with Gasteiger partial charge in [-0.25, -0.2) is 4.79 Å². The molecule has 0 aliphatic heterocycles. The molecule has 7 heteroatoms. The number of aliphatic hydroxyl groups is 1. The molecule has 0 radical (unpaired) electrons. The standard InChI is InChI=1S/C9H16N2O5/c1-6(13)10-4-2-8(14)11-7(3-5-12)9(15)16/h7,12H,2-5H2,1H3,(H,10,13)(H,11,14)(H,15,16)/t7-/m1/s1. The van der Waals surface area contributed by atoms with Gasteiger partial charge in [0, 0.05) is 32.9 Å². The predicted octanol–water partition coefficient (Wildman–Crippen LogP) is -1.54. The molecule has 0 rings (SSSR count). The largest absolute Gasteiger partial charge is 0.480 e. The number of hydrogen-bond donors (Lipinski definition) is 4. The summed E-state index contributed by atoms with van der Waals surface area (Å²) in [7, 11) is 0. The van der Waals surface area contributed by atoms with Crippen LogP contribution in [0.2, 0.25) is 0 Å². The smallest absolute Gasteiger partial charge is 0.326 e. The lowest BCUT2D eigenvalue weighted by Gasteiger charge is -2.13. The van der Waals surface area contributed by atoms with Crippen molar-refractivity contribution in [1.29, 1.82) is 0 Å². The van der Waals surface area contributed by atoms with Crippen LogP contribution in [0.5, 0.6) is 0 Å². The minimum atomic E-state index is -1.19. The number of carboxylic acids is 1. The summed E-state index contributed by atoms with van der Waals surface area (Å²) in [5, 5.41) is 21.9. The van der Waals surface area contributed by atoms with E-state index in [4.69, 9.17) is 10.2 Å². The van der Waals surface area contributed by atoms with Crippen molar-refractivity contribution in [2.24, 2.45) is 0 Å². The van der Waals surface area contributed by atoms with Crippen molar-refractivity contribution in [3.05, 3.63) is 0 Å². The quantitative estimate of drug-likeness (QED) is 0.425. The SMILES string of the molecule is CC(=O)NCCC(=O)N[C@H](CCO)C(=O)O. The van der Waals surface area contributed by atoms with Crippen molar-refractivity contribution in [1.82, 2.24) is 10.6 Å². The summed E-state index contributed by atoms with van der Waals surface area (Å²) in [4.78, 5) is 32.3. The molecule has 0 aromatic heterocycles. The van der Waals surface area contributed by atoms with E-state index in [-0.39, 0.29) is 31.9 Å². The van der Waals surface area contributed by atoms with Gasteiger partial charge in [-0.2, -0.15) is 0 Å². The molecule has 0 aromatic rings. The second kappa shape index (κ2) is 7.63. The predicted molar refractivity (Wildman–Crippen MR) is 54.6 cm³/mol. The molecule has 0 heterocycles. The molecule has 0 spiro atoms. The van der Waals surface area contributed by atoms with Crippen LogP contribution in [0.4, 0.5) is 0 Å². The zero-order chi connectivity index (χ0) is 12.6. The average Bonchev–Trinajstić information content (AvgIpc) is 2.16. The number of carbonyl (C=O) groups excluding carboxylic acids is 2. The van der Waals surface area contributed by atoms with Crippen LogP contribution < -0.4 is 10.6 Å². The molecule has 16 heavy (non-hydrogen) atoms. The van der Waals surface area contributed by atoms with Gasteiger partial charge < -0.3 is 20.8 Å². The van der Waals surface area contributed by atoms with Crippen LogP contribution in [-0.4, -0.2) is 47.2 Å². The van der Waals surface area contributed by atoms with E-state index in [0.29, 0.717) is 0 Å². The fraction of sp³-hybridized carbons (Fsp3) is 0.667. The molecular weight excluding hydrogens is 216 g/mol. The van der Waals surface area contributed by atoms with Crippen LogP contribution in [0.1, 0.15) is 19.8 Å². The maximum atomic E-state index is 11.2. The molecule has 0 fully saturated rings. The molecule has 1 atom stereocenters. The molecular formula is C9H16N2O5. The molecule has 0 saturated heterocycles. The molecule has 2 amide bonds. The first-order valence-corrected chi connectivity index (χ1v) is 4.84. The van der Waals surface area contributed by atoms with Crippen molar-refractivity contribution in [2.45, 2.75) is 25.8 Å². The van der Waals surface area contributed by atoms with Gasteiger partial charge in [-0.05, 0) is 0 Å². The molecule has 0 aliphatic carbocycles. The number of carboxylic acid groups (broad SMARTS) is 1. The lowest BCUT2D eigenvalue weighted by atomic mass is 10.2. The second-order valence-electron chi connectivity index (χ2n) is 3.20. The third-order valence-electron chi connectivity index (χ3n) is 1.78. The summed E-state index contributed by atoms with van der Waals surface area (Å²) in [5.41, 5.74) is 0. The van der Waals surface area contributed by atoms with E-state index in [2.05, 4.69) is 10.6 Å². The van der Waals surface area contributed by atoms with Crippen LogP contribution in [0.3, 0.4) is 0 Å². The van der Waals surface area contributed by atoms with Crippen molar-refractivity contribution in [3.63, 3.8) is 0 Å². The molecule has 0 aliphatic rings. The number of amides is 2. The van der Waals surface area contributed by atoms with E-state index in [1.165, 1.54) is 6.92 Å². The number of carbonyl (C=O) groups is 3. The molecule has 0 aromatic carbocycles. The van der Waals surface area contributed by atoms with E-state index < -0.39 is 17.9 Å². The number of rotatable bonds is 7. The number of hydrogen-bond acceptors (Lipinski definition) is 4. The molecule has 0 saturated carbocycles. The molecule has 92 valence electrons. The van der Waals surface area contributed by atoms with Crippen LogP contribution in [0.25, 0.3) is 0 Å². The Balaban J connectivity index is 3.90. The second-order valence-corrected chi connectivity index (χ2v) is 3.20. The summed E-state index contributed by atoms with van der Waals surface area (Å²) in [6.07, 6.45) is -0.0317. The van der Waals surface area contributed by atoms with Gasteiger partial charge in [0.05, 0.1) is 0 Å². The van der Waals surface area contributed by atoms with Crippen molar-refractivity contribution >= 4 is 17.8 Å². The third kappa shape index (κ3) is 6.77. The van der Waals surface area contributed by atoms with E-state index in [1.807, 2.05) is 0 Å². The first kappa shape index (κ1) is 14.4. The van der Waals surface area contributed by atoms with Gasteiger partial charge in [-0.15, -0.1) is 0 Å². The number of aliphatic hydroxyl groups excluding tert-OH is 1. The Morgan fingerprint density at radius 2 is 1.94 bits per heavy atom. The Kier molecular flexibility index (Phi) is 6.86. The lowest BCUT2D eigenvalue weighted by Crippen LogP contribution is -2.42. The Morgan fingerprint density at radius 3 is 2.38 bits per heavy atom. The zero-order valence-electron chi connectivity index (χ0n) is 9.02. The highest BCUT2D eigenvalue weighted by atomic mass is 16.4. The molecule has 0 bridgehead atoms. The highest BCUT2D eigenvalue weighted by Gasteiger charge is 2.18. The summed E-state index contributed by atoms with van der Waals surface area (Å²) in [6.45, 7) is 1.17. The Bertz CT molecular complexity index is 267. The Hall–Kier alpha value is -1.63. The highest BCUT2D eigenvalue weighted by Crippen LogP contribution is 1.92. The van der Waals surface area contributed by atoms with Crippen molar-refractivity contribution in [3.8, 4) is 0 Å². The van der Waals surface area contributed by atoms with E-state index in [1.54, 1.807) is 0 Å². The highest BCUT2D eigenvalue weighted by molar-refractivity contribution is 5.84. The molecule has 4 N–H and O–H groups in total. The maximum absolute atomic E-state index is 11.2. The van der Waals surface area contributed by atoms with Gasteiger partial charge in [0.15, 0.2) is 0 Å². The average molecular weight is 232 g/mol. The Labute approximate surface area is 92.8 Å². The fourth-order valence-corrected chi connectivity index (χ4v) is 1.01. The molecule has 0 unspecified atom stereocenters. The van der Waals surface area contributed by atoms with Gasteiger partial charge in [0.1, 0.15) is 6.04 Å². The van der Waals surface area contributed by atoms with Gasteiger partial charge in [-0.3, -0.25) is 9.59 Å². The maximum Gasteiger partial charge on any atom is 0.326 e. The number of aliphatic carboxylic acids is 1. The first-order chi connectivity index (χ1) is 7.47. The van der Waals surface area contributed by atoms with E-state index >= 15 is 0 Å². The first-order valence-electron chi connectivity index (χ1n) is 4.84. The number of nitrogens with one attached hydrogen (secondary N) is 2.